The van der Waals surface area contributed by atoms with E-state index in [1.165, 1.54) is 11.1 Å². The third-order valence-corrected chi connectivity index (χ3v) is 13.4. The molecule has 0 amide bonds. The number of benzene rings is 6. The van der Waals surface area contributed by atoms with Crippen molar-refractivity contribution in [2.45, 2.75) is 105 Å². The number of pyridine rings is 2. The summed E-state index contributed by atoms with van der Waals surface area (Å²) in [6.07, 6.45) is 1.81. The molecule has 0 spiro atoms. The second kappa shape index (κ2) is 17.2. The summed E-state index contributed by atoms with van der Waals surface area (Å²) in [4.78, 5) is 20.1. The van der Waals surface area contributed by atoms with Gasteiger partial charge in [0.15, 0.2) is 11.2 Å². The second-order valence-corrected chi connectivity index (χ2v) is 22.8. The van der Waals surface area contributed by atoms with Crippen LogP contribution in [-0.4, -0.2) is 19.9 Å². The summed E-state index contributed by atoms with van der Waals surface area (Å²) in [7, 11) is 0. The Labute approximate surface area is 413 Å². The summed E-state index contributed by atoms with van der Waals surface area (Å²) >= 11 is 0. The molecule has 10 aromatic rings. The monoisotopic (exact) mass is 918 g/mol. The van der Waals surface area contributed by atoms with Crippen LogP contribution < -0.4 is 0 Å². The molecule has 6 nitrogen and oxygen atoms in total. The molecule has 6 aromatic carbocycles. The Morgan fingerprint density at radius 2 is 0.686 bits per heavy atom. The summed E-state index contributed by atoms with van der Waals surface area (Å²) in [5.74, 6) is 1.28. The first-order valence-electron chi connectivity index (χ1n) is 24.4. The van der Waals surface area contributed by atoms with E-state index in [0.717, 1.165) is 100 Å². The molecule has 0 aliphatic rings. The van der Waals surface area contributed by atoms with Gasteiger partial charge in [0.2, 0.25) is 11.8 Å². The number of hydrogen-bond acceptors (Lipinski definition) is 6. The Morgan fingerprint density at radius 3 is 1.07 bits per heavy atom. The lowest BCUT2D eigenvalue weighted by atomic mass is 9.81. The van der Waals surface area contributed by atoms with Crippen LogP contribution in [-0.2, 0) is 21.7 Å². The highest BCUT2D eigenvalue weighted by Crippen LogP contribution is 2.42. The van der Waals surface area contributed by atoms with E-state index >= 15 is 0 Å². The lowest BCUT2D eigenvalue weighted by molar-refractivity contribution is 0.557. The van der Waals surface area contributed by atoms with Crippen LogP contribution in [0.2, 0.25) is 0 Å². The summed E-state index contributed by atoms with van der Waals surface area (Å²) in [6, 6.07) is 53.5. The maximum Gasteiger partial charge on any atom is 0.227 e. The Bertz CT molecular complexity index is 3410. The van der Waals surface area contributed by atoms with Crippen LogP contribution in [0.5, 0.6) is 0 Å². The van der Waals surface area contributed by atoms with Gasteiger partial charge in [-0.1, -0.05) is 186 Å². The maximum atomic E-state index is 6.60. The predicted molar refractivity (Wildman–Crippen MR) is 290 cm³/mol. The van der Waals surface area contributed by atoms with E-state index in [9.17, 15) is 0 Å². The van der Waals surface area contributed by atoms with Crippen molar-refractivity contribution >= 4 is 22.2 Å². The first kappa shape index (κ1) is 46.3. The summed E-state index contributed by atoms with van der Waals surface area (Å²) < 4.78 is 13.2. The van der Waals surface area contributed by atoms with Crippen molar-refractivity contribution in [2.75, 3.05) is 0 Å². The molecule has 0 aliphatic carbocycles. The van der Waals surface area contributed by atoms with Gasteiger partial charge >= 0.3 is 0 Å². The Balaban J connectivity index is 0.935. The Morgan fingerprint density at radius 1 is 0.314 bits per heavy atom. The standard InChI is InChI=1S/C64H62N4O2/c1-61(2,3)48-33-35-50(63(7,8)9)57-55(48)67-59(69-57)45-28-20-41(21-29-45)39-16-24-43(25-17-39)47-32-37-53(52-15-13-14-38-65-52)66-54(47)44-26-18-40(19-27-44)42-22-30-46(31-23-42)60-68-56-49(62(4,5)6)34-36-51(58(56)70-60)64(10,11)12/h13-38H,1-12H3. The normalized spacial score (nSPS) is 12.6. The van der Waals surface area contributed by atoms with E-state index < -0.39 is 0 Å². The Hall–Kier alpha value is -7.44. The van der Waals surface area contributed by atoms with Gasteiger partial charge in [0, 0.05) is 39.6 Å². The van der Waals surface area contributed by atoms with Crippen LogP contribution in [0.1, 0.15) is 105 Å². The zero-order chi connectivity index (χ0) is 49.3. The number of rotatable bonds is 7. The predicted octanol–water partition coefficient (Wildman–Crippen LogP) is 17.6. The van der Waals surface area contributed by atoms with Crippen LogP contribution in [0, 0.1) is 0 Å². The summed E-state index contributed by atoms with van der Waals surface area (Å²) in [5.41, 5.74) is 20.1. The minimum Gasteiger partial charge on any atom is -0.436 e. The molecule has 6 heteroatoms. The molecule has 4 aromatic heterocycles. The topological polar surface area (TPSA) is 77.8 Å². The van der Waals surface area contributed by atoms with Crippen LogP contribution in [0.15, 0.2) is 167 Å². The number of oxazole rings is 2. The van der Waals surface area contributed by atoms with E-state index in [1.54, 1.807) is 0 Å². The fourth-order valence-electron chi connectivity index (χ4n) is 9.49. The van der Waals surface area contributed by atoms with E-state index in [2.05, 4.69) is 222 Å². The fraction of sp³-hybridized carbons (Fsp3) is 0.250. The van der Waals surface area contributed by atoms with Crippen molar-refractivity contribution in [3.05, 3.63) is 180 Å². The van der Waals surface area contributed by atoms with Gasteiger partial charge in [-0.3, -0.25) is 4.98 Å². The molecule has 0 saturated heterocycles. The van der Waals surface area contributed by atoms with E-state index in [-0.39, 0.29) is 21.7 Å². The number of fused-ring (bicyclic) bond motifs is 2. The van der Waals surface area contributed by atoms with Gasteiger partial charge in [0.1, 0.15) is 11.0 Å². The molecule has 0 bridgehead atoms. The first-order valence-corrected chi connectivity index (χ1v) is 24.4. The van der Waals surface area contributed by atoms with Gasteiger partial charge in [0.25, 0.3) is 0 Å². The van der Waals surface area contributed by atoms with Gasteiger partial charge in [-0.2, -0.15) is 0 Å². The van der Waals surface area contributed by atoms with Crippen molar-refractivity contribution in [2.24, 2.45) is 0 Å². The van der Waals surface area contributed by atoms with Crippen LogP contribution in [0.3, 0.4) is 0 Å². The average Bonchev–Trinajstić information content (AvgIpc) is 3.99. The van der Waals surface area contributed by atoms with Gasteiger partial charge < -0.3 is 8.83 Å². The van der Waals surface area contributed by atoms with Gasteiger partial charge in [-0.25, -0.2) is 15.0 Å². The van der Waals surface area contributed by atoms with Crippen LogP contribution in [0.4, 0.5) is 0 Å². The molecule has 0 radical (unpaired) electrons. The highest BCUT2D eigenvalue weighted by Gasteiger charge is 2.29. The lowest BCUT2D eigenvalue weighted by Crippen LogP contribution is -2.15. The molecule has 0 fully saturated rings. The van der Waals surface area contributed by atoms with E-state index in [0.29, 0.717) is 11.8 Å². The summed E-state index contributed by atoms with van der Waals surface area (Å²) in [6.45, 7) is 26.7. The molecular weight excluding hydrogens is 857 g/mol. The molecule has 0 atom stereocenters. The van der Waals surface area contributed by atoms with Crippen molar-refractivity contribution in [3.8, 4) is 78.9 Å². The Kier molecular flexibility index (Phi) is 11.4. The third kappa shape index (κ3) is 8.88. The molecule has 0 unspecified atom stereocenters. The van der Waals surface area contributed by atoms with E-state index in [1.807, 2.05) is 24.4 Å². The largest absolute Gasteiger partial charge is 0.436 e. The lowest BCUT2D eigenvalue weighted by Gasteiger charge is -2.23. The minimum absolute atomic E-state index is 0.0679. The van der Waals surface area contributed by atoms with Gasteiger partial charge in [-0.05, 0) is 109 Å². The minimum atomic E-state index is -0.0811. The van der Waals surface area contributed by atoms with Gasteiger partial charge in [0.05, 0.1) is 17.1 Å². The fourth-order valence-corrected chi connectivity index (χ4v) is 9.49. The zero-order valence-corrected chi connectivity index (χ0v) is 42.6. The van der Waals surface area contributed by atoms with Crippen LogP contribution >= 0.6 is 0 Å². The molecule has 0 aliphatic heterocycles. The molecule has 70 heavy (non-hydrogen) atoms. The quantitative estimate of drug-likeness (QED) is 0.158. The molecule has 0 N–H and O–H groups in total. The van der Waals surface area contributed by atoms with E-state index in [4.69, 9.17) is 23.8 Å². The number of nitrogens with zero attached hydrogens (tertiary/aromatic N) is 4. The van der Waals surface area contributed by atoms with Crippen LogP contribution in [0.25, 0.3) is 101 Å². The summed E-state index contributed by atoms with van der Waals surface area (Å²) in [5, 5.41) is 0. The second-order valence-electron chi connectivity index (χ2n) is 22.8. The van der Waals surface area contributed by atoms with Crippen molar-refractivity contribution in [3.63, 3.8) is 0 Å². The smallest absolute Gasteiger partial charge is 0.227 e. The molecule has 4 heterocycles. The average molecular weight is 919 g/mol. The number of aromatic nitrogens is 4. The zero-order valence-electron chi connectivity index (χ0n) is 42.6. The highest BCUT2D eigenvalue weighted by molar-refractivity contribution is 5.87. The first-order chi connectivity index (χ1) is 33.2. The highest BCUT2D eigenvalue weighted by atomic mass is 16.4. The number of hydrogen-bond donors (Lipinski definition) is 0. The SMILES string of the molecule is CC(C)(C)c1ccc(C(C)(C)C)c2oc(-c3ccc(-c4ccc(-c5ccc(-c6ccccn6)nc5-c5ccc(-c6ccc(-c7nc8c(C(C)(C)C)ccc(C(C)(C)C)c8o7)cc6)cc5)cc4)cc3)nc12. The van der Waals surface area contributed by atoms with Crippen molar-refractivity contribution in [1.82, 2.24) is 19.9 Å². The third-order valence-electron chi connectivity index (χ3n) is 13.4. The molecule has 0 saturated carbocycles. The molecular formula is C64H62N4O2. The molecule has 10 rings (SSSR count). The molecule has 350 valence electrons. The van der Waals surface area contributed by atoms with Crippen molar-refractivity contribution < 1.29 is 8.83 Å². The van der Waals surface area contributed by atoms with Crippen molar-refractivity contribution in [1.29, 1.82) is 0 Å². The van der Waals surface area contributed by atoms with Gasteiger partial charge in [-0.15, -0.1) is 0 Å². The maximum absolute atomic E-state index is 6.60.